The molecule has 0 aromatic carbocycles. The number of ether oxygens (including phenoxy) is 1. The monoisotopic (exact) mass is 294 g/mol. The van der Waals surface area contributed by atoms with Gasteiger partial charge in [0.15, 0.2) is 5.69 Å². The predicted octanol–water partition coefficient (Wildman–Crippen LogP) is 2.19. The molecule has 1 fully saturated rings. The van der Waals surface area contributed by atoms with Crippen molar-refractivity contribution in [3.63, 3.8) is 0 Å². The molecule has 0 bridgehead atoms. The summed E-state index contributed by atoms with van der Waals surface area (Å²) >= 11 is 0. The second-order valence-corrected chi connectivity index (χ2v) is 5.94. The molecule has 1 amide bonds. The molecule has 0 aliphatic heterocycles. The highest BCUT2D eigenvalue weighted by atomic mass is 16.5. The Morgan fingerprint density at radius 2 is 2.14 bits per heavy atom. The van der Waals surface area contributed by atoms with E-state index in [1.54, 1.807) is 0 Å². The molecule has 1 aliphatic carbocycles. The van der Waals surface area contributed by atoms with Crippen LogP contribution in [0.15, 0.2) is 0 Å². The fraction of sp³-hybridized carbons (Fsp3) is 0.733. The topological polar surface area (TPSA) is 93.0 Å². The summed E-state index contributed by atoms with van der Waals surface area (Å²) in [6.07, 6.45) is 6.44. The van der Waals surface area contributed by atoms with E-state index < -0.39 is 0 Å². The van der Waals surface area contributed by atoms with E-state index in [0.717, 1.165) is 18.5 Å². The minimum Gasteiger partial charge on any atom is -0.395 e. The first kappa shape index (κ1) is 15.8. The number of H-pyrrole nitrogens is 1. The van der Waals surface area contributed by atoms with E-state index in [9.17, 15) is 4.79 Å². The number of aromatic amines is 1. The molecular formula is C15H26N4O2. The molecule has 6 heteroatoms. The van der Waals surface area contributed by atoms with Crippen molar-refractivity contribution in [3.05, 3.63) is 11.4 Å². The lowest BCUT2D eigenvalue weighted by molar-refractivity contribution is 0.0299. The van der Waals surface area contributed by atoms with Gasteiger partial charge in [-0.3, -0.25) is 9.89 Å². The summed E-state index contributed by atoms with van der Waals surface area (Å²) < 4.78 is 5.77. The first-order chi connectivity index (χ1) is 10.1. The molecule has 6 nitrogen and oxygen atoms in total. The van der Waals surface area contributed by atoms with Crippen molar-refractivity contribution in [1.29, 1.82) is 0 Å². The molecular weight excluding hydrogens is 268 g/mol. The molecule has 2 rings (SSSR count). The number of nitrogens with one attached hydrogen (secondary N) is 2. The van der Waals surface area contributed by atoms with Gasteiger partial charge in [-0.25, -0.2) is 0 Å². The number of nitrogens with two attached hydrogens (primary N) is 1. The predicted molar refractivity (Wildman–Crippen MR) is 82.2 cm³/mol. The molecule has 0 unspecified atom stereocenters. The van der Waals surface area contributed by atoms with Crippen LogP contribution in [-0.4, -0.2) is 35.4 Å². The smallest absolute Gasteiger partial charge is 0.274 e. The molecule has 0 spiro atoms. The zero-order chi connectivity index (χ0) is 15.2. The average Bonchev–Trinajstić information content (AvgIpc) is 2.86. The average molecular weight is 294 g/mol. The van der Waals surface area contributed by atoms with Crippen molar-refractivity contribution in [2.75, 3.05) is 18.9 Å². The second kappa shape index (κ2) is 7.45. The van der Waals surface area contributed by atoms with Crippen LogP contribution in [0.1, 0.15) is 68.1 Å². The van der Waals surface area contributed by atoms with Crippen LogP contribution in [0.5, 0.6) is 0 Å². The third kappa shape index (κ3) is 4.20. The van der Waals surface area contributed by atoms with E-state index >= 15 is 0 Å². The van der Waals surface area contributed by atoms with Crippen LogP contribution < -0.4 is 11.1 Å². The molecule has 1 aromatic rings. The molecule has 0 radical (unpaired) electrons. The number of hydrogen-bond donors (Lipinski definition) is 3. The Bertz CT molecular complexity index is 464. The van der Waals surface area contributed by atoms with Crippen LogP contribution in [0.2, 0.25) is 0 Å². The Balaban J connectivity index is 1.74. The first-order valence-corrected chi connectivity index (χ1v) is 7.83. The number of rotatable bonds is 6. The van der Waals surface area contributed by atoms with Crippen molar-refractivity contribution in [2.45, 2.75) is 58.0 Å². The van der Waals surface area contributed by atoms with Gasteiger partial charge < -0.3 is 15.8 Å². The van der Waals surface area contributed by atoms with Crippen LogP contribution in [-0.2, 0) is 4.74 Å². The number of nitrogens with zero attached hydrogens (tertiary/aromatic N) is 1. The molecule has 21 heavy (non-hydrogen) atoms. The van der Waals surface area contributed by atoms with Gasteiger partial charge in [0.2, 0.25) is 0 Å². The van der Waals surface area contributed by atoms with Gasteiger partial charge in [0.1, 0.15) is 0 Å². The Kier molecular flexibility index (Phi) is 5.61. The summed E-state index contributed by atoms with van der Waals surface area (Å²) in [4.78, 5) is 12.0. The highest BCUT2D eigenvalue weighted by molar-refractivity contribution is 5.97. The SMILES string of the molecule is CC(C)c1[nH]nc(C(=O)NCCOC2CCCCC2)c1N. The summed E-state index contributed by atoms with van der Waals surface area (Å²) in [6.45, 7) is 5.03. The molecule has 0 saturated heterocycles. The minimum absolute atomic E-state index is 0.216. The van der Waals surface area contributed by atoms with Gasteiger partial charge in [0.05, 0.1) is 24.1 Å². The van der Waals surface area contributed by atoms with E-state index in [1.165, 1.54) is 19.3 Å². The maximum atomic E-state index is 12.0. The third-order valence-corrected chi connectivity index (χ3v) is 3.92. The highest BCUT2D eigenvalue weighted by Gasteiger charge is 2.19. The van der Waals surface area contributed by atoms with E-state index in [4.69, 9.17) is 10.5 Å². The minimum atomic E-state index is -0.247. The summed E-state index contributed by atoms with van der Waals surface area (Å²) in [7, 11) is 0. The maximum absolute atomic E-state index is 12.0. The zero-order valence-electron chi connectivity index (χ0n) is 12.9. The molecule has 1 saturated carbocycles. The summed E-state index contributed by atoms with van der Waals surface area (Å²) in [5.74, 6) is -0.0309. The molecule has 4 N–H and O–H groups in total. The number of hydrogen-bond acceptors (Lipinski definition) is 4. The molecule has 1 heterocycles. The lowest BCUT2D eigenvalue weighted by Gasteiger charge is -2.21. The van der Waals surface area contributed by atoms with Crippen molar-refractivity contribution < 1.29 is 9.53 Å². The quantitative estimate of drug-likeness (QED) is 0.701. The zero-order valence-corrected chi connectivity index (χ0v) is 12.9. The number of anilines is 1. The van der Waals surface area contributed by atoms with Gasteiger partial charge in [0.25, 0.3) is 5.91 Å². The van der Waals surface area contributed by atoms with Crippen molar-refractivity contribution in [3.8, 4) is 0 Å². The van der Waals surface area contributed by atoms with E-state index in [1.807, 2.05) is 13.8 Å². The van der Waals surface area contributed by atoms with Crippen LogP contribution in [0.25, 0.3) is 0 Å². The van der Waals surface area contributed by atoms with Crippen LogP contribution in [0, 0.1) is 0 Å². The number of amides is 1. The number of carbonyl (C=O) groups is 1. The Morgan fingerprint density at radius 1 is 1.43 bits per heavy atom. The van der Waals surface area contributed by atoms with Gasteiger partial charge in [-0.15, -0.1) is 0 Å². The van der Waals surface area contributed by atoms with Crippen LogP contribution in [0.4, 0.5) is 5.69 Å². The van der Waals surface area contributed by atoms with Gasteiger partial charge in [0, 0.05) is 6.54 Å². The standard InChI is InChI=1S/C15H26N4O2/c1-10(2)13-12(16)14(19-18-13)15(20)17-8-9-21-11-6-4-3-5-7-11/h10-11H,3-9,16H2,1-2H3,(H,17,20)(H,18,19). The third-order valence-electron chi connectivity index (χ3n) is 3.92. The fourth-order valence-electron chi connectivity index (χ4n) is 2.68. The van der Waals surface area contributed by atoms with Crippen molar-refractivity contribution in [1.82, 2.24) is 15.5 Å². The van der Waals surface area contributed by atoms with Crippen LogP contribution in [0.3, 0.4) is 0 Å². The maximum Gasteiger partial charge on any atom is 0.274 e. The lowest BCUT2D eigenvalue weighted by Crippen LogP contribution is -2.30. The molecule has 0 atom stereocenters. The summed E-state index contributed by atoms with van der Waals surface area (Å²) in [5, 5.41) is 9.64. The normalized spacial score (nSPS) is 16.3. The van der Waals surface area contributed by atoms with Crippen molar-refractivity contribution in [2.24, 2.45) is 0 Å². The fourth-order valence-corrected chi connectivity index (χ4v) is 2.68. The van der Waals surface area contributed by atoms with Gasteiger partial charge >= 0.3 is 0 Å². The Labute approximate surface area is 125 Å². The van der Waals surface area contributed by atoms with E-state index in [0.29, 0.717) is 24.9 Å². The van der Waals surface area contributed by atoms with Gasteiger partial charge in [-0.1, -0.05) is 33.1 Å². The molecule has 118 valence electrons. The van der Waals surface area contributed by atoms with E-state index in [2.05, 4.69) is 15.5 Å². The van der Waals surface area contributed by atoms with Gasteiger partial charge in [-0.2, -0.15) is 5.10 Å². The lowest BCUT2D eigenvalue weighted by atomic mass is 9.98. The second-order valence-electron chi connectivity index (χ2n) is 5.94. The number of carbonyl (C=O) groups excluding carboxylic acids is 1. The first-order valence-electron chi connectivity index (χ1n) is 7.83. The highest BCUT2D eigenvalue weighted by Crippen LogP contribution is 2.22. The summed E-state index contributed by atoms with van der Waals surface area (Å²) in [6, 6.07) is 0. The molecule has 1 aromatic heterocycles. The molecule has 1 aliphatic rings. The largest absolute Gasteiger partial charge is 0.395 e. The Hall–Kier alpha value is -1.56. The summed E-state index contributed by atoms with van der Waals surface area (Å²) in [5.41, 5.74) is 7.46. The van der Waals surface area contributed by atoms with Gasteiger partial charge in [-0.05, 0) is 18.8 Å². The van der Waals surface area contributed by atoms with E-state index in [-0.39, 0.29) is 17.5 Å². The van der Waals surface area contributed by atoms with Crippen molar-refractivity contribution >= 4 is 11.6 Å². The Morgan fingerprint density at radius 3 is 2.76 bits per heavy atom. The number of aromatic nitrogens is 2. The number of nitrogen functional groups attached to an aromatic ring is 1. The van der Waals surface area contributed by atoms with Crippen LogP contribution >= 0.6 is 0 Å².